The van der Waals surface area contributed by atoms with Crippen LogP contribution in [0.5, 0.6) is 23.0 Å². The van der Waals surface area contributed by atoms with Crippen molar-refractivity contribution in [1.82, 2.24) is 4.98 Å². The van der Waals surface area contributed by atoms with Crippen LogP contribution in [0, 0.1) is 0 Å². The molecule has 1 saturated carbocycles. The average molecular weight is 560 g/mol. The Hall–Kier alpha value is -4.32. The Morgan fingerprint density at radius 1 is 0.950 bits per heavy atom. The third kappa shape index (κ3) is 7.20. The maximum atomic E-state index is 13.3. The summed E-state index contributed by atoms with van der Waals surface area (Å²) in [7, 11) is 2.97. The summed E-state index contributed by atoms with van der Waals surface area (Å²) < 4.78 is 58.9. The Kier molecular flexibility index (Phi) is 8.78. The maximum absolute atomic E-state index is 13.3. The number of nitrogens with zero attached hydrogens (tertiary/aromatic N) is 1. The molecule has 0 bridgehead atoms. The number of carbonyl (C=O) groups excluding carboxylic acids is 2. The lowest BCUT2D eigenvalue weighted by molar-refractivity contribution is -0.274. The van der Waals surface area contributed by atoms with Crippen molar-refractivity contribution in [1.29, 1.82) is 0 Å². The van der Waals surface area contributed by atoms with Crippen LogP contribution in [0.1, 0.15) is 58.0 Å². The van der Waals surface area contributed by atoms with Gasteiger partial charge in [0.15, 0.2) is 11.5 Å². The van der Waals surface area contributed by atoms with Crippen molar-refractivity contribution in [3.8, 4) is 23.0 Å². The Labute approximate surface area is 228 Å². The summed E-state index contributed by atoms with van der Waals surface area (Å²) in [6.07, 6.45) is 0.186. The molecule has 0 aliphatic heterocycles. The van der Waals surface area contributed by atoms with E-state index in [1.807, 2.05) is 6.07 Å². The number of hydrogen-bond acceptors (Lipinski definition) is 7. The molecule has 0 spiro atoms. The summed E-state index contributed by atoms with van der Waals surface area (Å²) in [4.78, 5) is 28.7. The summed E-state index contributed by atoms with van der Waals surface area (Å²) >= 11 is 0. The Balaban J connectivity index is 1.67. The highest BCUT2D eigenvalue weighted by atomic mass is 19.4. The van der Waals surface area contributed by atoms with Gasteiger partial charge in [0, 0.05) is 25.1 Å². The topological polar surface area (TPSA) is 122 Å². The van der Waals surface area contributed by atoms with Crippen LogP contribution in [0.4, 0.5) is 18.9 Å². The first-order valence-electron chi connectivity index (χ1n) is 12.4. The standard InChI is InChI=1S/C28H28F3N3O6/c1-37-19-6-3-16(4-7-19)17-5-9-21(27(36)34-18-11-12-33-22(14-18)26(32)35)24(13-17)39-23-10-8-20(15-25(23)38-2)40-28(29,30)31/h5,8-16,19H,3-4,6-7H2,1-2H3,(H2,32,35)(H,33,34,36)/t16-,19-. The lowest BCUT2D eigenvalue weighted by Crippen LogP contribution is -2.19. The van der Waals surface area contributed by atoms with Crippen molar-refractivity contribution in [2.75, 3.05) is 19.5 Å². The maximum Gasteiger partial charge on any atom is 0.573 e. The van der Waals surface area contributed by atoms with Gasteiger partial charge < -0.3 is 30.0 Å². The molecule has 2 aromatic carbocycles. The number of benzene rings is 2. The van der Waals surface area contributed by atoms with Gasteiger partial charge in [-0.15, -0.1) is 13.2 Å². The Morgan fingerprint density at radius 3 is 2.35 bits per heavy atom. The third-order valence-electron chi connectivity index (χ3n) is 6.59. The summed E-state index contributed by atoms with van der Waals surface area (Å²) in [6, 6.07) is 11.4. The number of halogens is 3. The van der Waals surface area contributed by atoms with Gasteiger partial charge in [-0.3, -0.25) is 14.6 Å². The van der Waals surface area contributed by atoms with Crippen LogP contribution < -0.4 is 25.3 Å². The lowest BCUT2D eigenvalue weighted by atomic mass is 9.82. The molecule has 1 aliphatic rings. The predicted octanol–water partition coefficient (Wildman–Crippen LogP) is 5.80. The minimum Gasteiger partial charge on any atom is -0.493 e. The molecule has 1 heterocycles. The number of ether oxygens (including phenoxy) is 4. The van der Waals surface area contributed by atoms with E-state index in [4.69, 9.17) is 19.9 Å². The number of nitrogens with two attached hydrogens (primary N) is 1. The molecule has 12 heteroatoms. The molecule has 9 nitrogen and oxygen atoms in total. The molecule has 1 fully saturated rings. The van der Waals surface area contributed by atoms with Gasteiger partial charge in [0.2, 0.25) is 0 Å². The number of amides is 2. The normalized spacial score (nSPS) is 17.1. The fourth-order valence-corrected chi connectivity index (χ4v) is 4.59. The molecule has 4 rings (SSSR count). The number of hydrogen-bond donors (Lipinski definition) is 2. The van der Waals surface area contributed by atoms with Crippen LogP contribution in [0.25, 0.3) is 0 Å². The number of pyridine rings is 1. The summed E-state index contributed by atoms with van der Waals surface area (Å²) in [5, 5.41) is 2.70. The number of carbonyl (C=O) groups is 2. The van der Waals surface area contributed by atoms with Gasteiger partial charge >= 0.3 is 6.36 Å². The number of rotatable bonds is 9. The molecule has 3 aromatic rings. The molecule has 1 aromatic heterocycles. The van der Waals surface area contributed by atoms with E-state index in [1.165, 1.54) is 31.5 Å². The first-order valence-corrected chi connectivity index (χ1v) is 12.4. The highest BCUT2D eigenvalue weighted by molar-refractivity contribution is 6.06. The van der Waals surface area contributed by atoms with Crippen molar-refractivity contribution in [3.05, 3.63) is 71.5 Å². The lowest BCUT2D eigenvalue weighted by Gasteiger charge is -2.28. The molecular formula is C28H28F3N3O6. The van der Waals surface area contributed by atoms with E-state index in [2.05, 4.69) is 15.0 Å². The number of alkyl halides is 3. The van der Waals surface area contributed by atoms with E-state index in [1.54, 1.807) is 19.2 Å². The fourth-order valence-electron chi connectivity index (χ4n) is 4.59. The van der Waals surface area contributed by atoms with E-state index in [0.717, 1.165) is 43.4 Å². The zero-order valence-corrected chi connectivity index (χ0v) is 21.8. The highest BCUT2D eigenvalue weighted by Gasteiger charge is 2.31. The van der Waals surface area contributed by atoms with E-state index in [-0.39, 0.29) is 46.2 Å². The zero-order valence-electron chi connectivity index (χ0n) is 21.8. The number of methoxy groups -OCH3 is 2. The average Bonchev–Trinajstić information content (AvgIpc) is 2.93. The van der Waals surface area contributed by atoms with Gasteiger partial charge in [-0.25, -0.2) is 0 Å². The number of nitrogens with one attached hydrogen (secondary N) is 1. The van der Waals surface area contributed by atoms with E-state index in [0.29, 0.717) is 0 Å². The minimum atomic E-state index is -4.88. The summed E-state index contributed by atoms with van der Waals surface area (Å²) in [6.45, 7) is 0. The van der Waals surface area contributed by atoms with E-state index < -0.39 is 23.9 Å². The second-order valence-corrected chi connectivity index (χ2v) is 9.18. The van der Waals surface area contributed by atoms with Crippen LogP contribution in [0.2, 0.25) is 0 Å². The quantitative estimate of drug-likeness (QED) is 0.340. The summed E-state index contributed by atoms with van der Waals surface area (Å²) in [5.41, 5.74) is 6.63. The van der Waals surface area contributed by atoms with Crippen LogP contribution in [-0.2, 0) is 4.74 Å². The Bertz CT molecular complexity index is 1370. The van der Waals surface area contributed by atoms with Crippen molar-refractivity contribution >= 4 is 17.5 Å². The number of primary amides is 1. The molecule has 2 amide bonds. The van der Waals surface area contributed by atoms with Gasteiger partial charge in [-0.05, 0) is 73.6 Å². The zero-order chi connectivity index (χ0) is 28.9. The molecular weight excluding hydrogens is 531 g/mol. The van der Waals surface area contributed by atoms with Gasteiger partial charge in [-0.1, -0.05) is 6.07 Å². The van der Waals surface area contributed by atoms with Crippen LogP contribution in [-0.4, -0.2) is 43.5 Å². The van der Waals surface area contributed by atoms with Gasteiger partial charge in [-0.2, -0.15) is 0 Å². The summed E-state index contributed by atoms with van der Waals surface area (Å²) in [5.74, 6) is -1.38. The highest BCUT2D eigenvalue weighted by Crippen LogP contribution is 2.40. The largest absolute Gasteiger partial charge is 0.573 e. The molecule has 0 saturated heterocycles. The molecule has 3 N–H and O–H groups in total. The third-order valence-corrected chi connectivity index (χ3v) is 6.59. The smallest absolute Gasteiger partial charge is 0.493 e. The van der Waals surface area contributed by atoms with Crippen LogP contribution >= 0.6 is 0 Å². The monoisotopic (exact) mass is 559 g/mol. The van der Waals surface area contributed by atoms with Crippen molar-refractivity contribution in [3.63, 3.8) is 0 Å². The van der Waals surface area contributed by atoms with E-state index in [9.17, 15) is 22.8 Å². The van der Waals surface area contributed by atoms with Crippen LogP contribution in [0.15, 0.2) is 54.7 Å². The molecule has 1 aliphatic carbocycles. The van der Waals surface area contributed by atoms with Gasteiger partial charge in [0.25, 0.3) is 11.8 Å². The fraction of sp³-hybridized carbons (Fsp3) is 0.321. The number of anilines is 1. The van der Waals surface area contributed by atoms with Crippen molar-refractivity contribution in [2.45, 2.75) is 44.1 Å². The second-order valence-electron chi connectivity index (χ2n) is 9.18. The van der Waals surface area contributed by atoms with Gasteiger partial charge in [0.05, 0.1) is 18.8 Å². The molecule has 0 unspecified atom stereocenters. The molecule has 40 heavy (non-hydrogen) atoms. The van der Waals surface area contributed by atoms with Gasteiger partial charge in [0.1, 0.15) is 17.2 Å². The molecule has 0 radical (unpaired) electrons. The second kappa shape index (κ2) is 12.2. The van der Waals surface area contributed by atoms with Crippen molar-refractivity contribution in [2.24, 2.45) is 5.73 Å². The minimum absolute atomic E-state index is 0.0258. The van der Waals surface area contributed by atoms with Crippen LogP contribution in [0.3, 0.4) is 0 Å². The number of aromatic nitrogens is 1. The SMILES string of the molecule is COc1cc(OC(F)(F)F)ccc1Oc1cc([C@H]2CC[C@H](OC)CC2)ccc1C(=O)Nc1ccnc(C(N)=O)c1. The molecule has 0 atom stereocenters. The molecule has 212 valence electrons. The van der Waals surface area contributed by atoms with Crippen molar-refractivity contribution < 1.29 is 41.7 Å². The Morgan fingerprint density at radius 2 is 1.70 bits per heavy atom. The van der Waals surface area contributed by atoms with E-state index >= 15 is 0 Å². The first-order chi connectivity index (χ1) is 19.1. The predicted molar refractivity (Wildman–Crippen MR) is 139 cm³/mol. The first kappa shape index (κ1) is 28.7.